The average molecular weight is 205 g/mol. The molecule has 0 radical (unpaired) electrons. The molecule has 4 nitrogen and oxygen atoms in total. The van der Waals surface area contributed by atoms with Crippen molar-refractivity contribution >= 4 is 10.1 Å². The standard InChI is InChI=1S/C4H6F3NO3S/c5-4(6,7)12(9,10)11-2-3-1-8-3/h3,8H,1-2H2. The Morgan fingerprint density at radius 2 is 2.00 bits per heavy atom. The molecule has 1 N–H and O–H groups in total. The lowest BCUT2D eigenvalue weighted by atomic mass is 10.5. The topological polar surface area (TPSA) is 65.3 Å². The quantitative estimate of drug-likeness (QED) is 0.394. The molecule has 1 aliphatic heterocycles. The lowest BCUT2D eigenvalue weighted by molar-refractivity contribution is -0.0541. The zero-order valence-corrected chi connectivity index (χ0v) is 6.57. The molecule has 1 heterocycles. The number of rotatable bonds is 3. The van der Waals surface area contributed by atoms with Crippen LogP contribution in [0.15, 0.2) is 0 Å². The number of halogens is 3. The van der Waals surface area contributed by atoms with Crippen molar-refractivity contribution in [3.8, 4) is 0 Å². The summed E-state index contributed by atoms with van der Waals surface area (Å²) in [5.74, 6) is 0. The van der Waals surface area contributed by atoms with Gasteiger partial charge in [-0.2, -0.15) is 21.6 Å². The Balaban J connectivity index is 2.47. The first kappa shape index (κ1) is 9.75. The summed E-state index contributed by atoms with van der Waals surface area (Å²) in [5, 5.41) is 2.60. The normalized spacial score (nSPS) is 24.1. The van der Waals surface area contributed by atoms with Crippen LogP contribution in [0.4, 0.5) is 13.2 Å². The van der Waals surface area contributed by atoms with E-state index in [0.29, 0.717) is 6.54 Å². The highest BCUT2D eigenvalue weighted by Gasteiger charge is 2.47. The molecule has 1 atom stereocenters. The van der Waals surface area contributed by atoms with Crippen molar-refractivity contribution in [3.05, 3.63) is 0 Å². The minimum Gasteiger partial charge on any atom is -0.309 e. The van der Waals surface area contributed by atoms with Crippen molar-refractivity contribution in [2.24, 2.45) is 0 Å². The Labute approximate surface area is 66.8 Å². The number of hydrogen-bond acceptors (Lipinski definition) is 4. The van der Waals surface area contributed by atoms with Gasteiger partial charge in [0.2, 0.25) is 0 Å². The van der Waals surface area contributed by atoms with Gasteiger partial charge < -0.3 is 5.32 Å². The van der Waals surface area contributed by atoms with Crippen LogP contribution in [0.5, 0.6) is 0 Å². The van der Waals surface area contributed by atoms with Crippen LogP contribution in [-0.4, -0.2) is 33.1 Å². The molecule has 0 saturated carbocycles. The molecular weight excluding hydrogens is 199 g/mol. The van der Waals surface area contributed by atoms with Crippen LogP contribution in [-0.2, 0) is 14.3 Å². The van der Waals surface area contributed by atoms with Gasteiger partial charge in [0.15, 0.2) is 0 Å². The maximum Gasteiger partial charge on any atom is 0.523 e. The van der Waals surface area contributed by atoms with Crippen molar-refractivity contribution in [2.45, 2.75) is 11.6 Å². The maximum atomic E-state index is 11.6. The summed E-state index contributed by atoms with van der Waals surface area (Å²) in [6, 6.07) is -0.262. The predicted molar refractivity (Wildman–Crippen MR) is 32.7 cm³/mol. The second-order valence-electron chi connectivity index (χ2n) is 2.29. The van der Waals surface area contributed by atoms with Gasteiger partial charge in [0, 0.05) is 12.6 Å². The van der Waals surface area contributed by atoms with Crippen LogP contribution in [0, 0.1) is 0 Å². The molecule has 12 heavy (non-hydrogen) atoms. The van der Waals surface area contributed by atoms with Crippen molar-refractivity contribution in [1.82, 2.24) is 5.32 Å². The third kappa shape index (κ3) is 2.32. The van der Waals surface area contributed by atoms with E-state index in [0.717, 1.165) is 0 Å². The Hall–Kier alpha value is -0.340. The molecule has 72 valence electrons. The molecule has 0 aromatic heterocycles. The van der Waals surface area contributed by atoms with Crippen molar-refractivity contribution in [3.63, 3.8) is 0 Å². The van der Waals surface area contributed by atoms with Gasteiger partial charge in [-0.1, -0.05) is 0 Å². The van der Waals surface area contributed by atoms with Crippen LogP contribution >= 0.6 is 0 Å². The highest BCUT2D eigenvalue weighted by atomic mass is 32.2. The Kier molecular flexibility index (Phi) is 2.32. The second-order valence-corrected chi connectivity index (χ2v) is 3.90. The van der Waals surface area contributed by atoms with Gasteiger partial charge in [-0.25, -0.2) is 0 Å². The largest absolute Gasteiger partial charge is 0.523 e. The fourth-order valence-electron chi connectivity index (χ4n) is 0.440. The van der Waals surface area contributed by atoms with Gasteiger partial charge in [0.25, 0.3) is 0 Å². The lowest BCUT2D eigenvalue weighted by Gasteiger charge is -2.06. The highest BCUT2D eigenvalue weighted by Crippen LogP contribution is 2.24. The SMILES string of the molecule is O=S(=O)(OCC1CN1)C(F)(F)F. The van der Waals surface area contributed by atoms with E-state index >= 15 is 0 Å². The lowest BCUT2D eigenvalue weighted by Crippen LogP contribution is -2.27. The molecule has 0 amide bonds. The monoisotopic (exact) mass is 205 g/mol. The van der Waals surface area contributed by atoms with E-state index in [4.69, 9.17) is 0 Å². The Bertz CT molecular complexity index is 255. The fraction of sp³-hybridized carbons (Fsp3) is 1.00. The summed E-state index contributed by atoms with van der Waals surface area (Å²) in [7, 11) is -5.39. The van der Waals surface area contributed by atoms with E-state index in [2.05, 4.69) is 9.50 Å². The number of hydrogen-bond donors (Lipinski definition) is 1. The van der Waals surface area contributed by atoms with Gasteiger partial charge >= 0.3 is 15.6 Å². The van der Waals surface area contributed by atoms with Crippen LogP contribution in [0.2, 0.25) is 0 Å². The molecule has 1 saturated heterocycles. The summed E-state index contributed by atoms with van der Waals surface area (Å²) in [6.45, 7) is 0.0369. The Morgan fingerprint density at radius 1 is 1.50 bits per heavy atom. The minimum absolute atomic E-state index is 0.262. The van der Waals surface area contributed by atoms with Crippen LogP contribution in [0.25, 0.3) is 0 Å². The first-order valence-corrected chi connectivity index (χ1v) is 4.43. The smallest absolute Gasteiger partial charge is 0.309 e. The van der Waals surface area contributed by atoms with Crippen LogP contribution < -0.4 is 5.32 Å². The highest BCUT2D eigenvalue weighted by molar-refractivity contribution is 7.87. The van der Waals surface area contributed by atoms with E-state index in [1.807, 2.05) is 0 Å². The van der Waals surface area contributed by atoms with Crippen molar-refractivity contribution < 1.29 is 25.8 Å². The molecule has 1 fully saturated rings. The van der Waals surface area contributed by atoms with Crippen LogP contribution in [0.1, 0.15) is 0 Å². The third-order valence-electron chi connectivity index (χ3n) is 1.20. The summed E-state index contributed by atoms with van der Waals surface area (Å²) in [4.78, 5) is 0. The molecule has 0 aliphatic carbocycles. The fourth-order valence-corrected chi connectivity index (χ4v) is 0.917. The molecule has 0 aromatic rings. The first-order chi connectivity index (χ1) is 5.33. The van der Waals surface area contributed by atoms with Gasteiger partial charge in [-0.3, -0.25) is 4.18 Å². The van der Waals surface area contributed by atoms with Gasteiger partial charge in [-0.15, -0.1) is 0 Å². The number of nitrogens with one attached hydrogen (secondary N) is 1. The summed E-state index contributed by atoms with van der Waals surface area (Å²) in [5.41, 5.74) is -5.32. The van der Waals surface area contributed by atoms with Crippen molar-refractivity contribution in [2.75, 3.05) is 13.2 Å². The Morgan fingerprint density at radius 3 is 2.33 bits per heavy atom. The third-order valence-corrected chi connectivity index (χ3v) is 2.21. The summed E-state index contributed by atoms with van der Waals surface area (Å²) in [6.07, 6.45) is 0. The second kappa shape index (κ2) is 2.86. The molecular formula is C4H6F3NO3S. The van der Waals surface area contributed by atoms with Gasteiger partial charge in [0.1, 0.15) is 0 Å². The molecule has 0 aromatic carbocycles. The van der Waals surface area contributed by atoms with E-state index in [1.54, 1.807) is 0 Å². The van der Waals surface area contributed by atoms with Crippen LogP contribution in [0.3, 0.4) is 0 Å². The summed E-state index contributed by atoms with van der Waals surface area (Å²) < 4.78 is 58.8. The summed E-state index contributed by atoms with van der Waals surface area (Å²) >= 11 is 0. The molecule has 8 heteroatoms. The zero-order chi connectivity index (χ0) is 9.41. The van der Waals surface area contributed by atoms with E-state index < -0.39 is 22.2 Å². The van der Waals surface area contributed by atoms with E-state index in [-0.39, 0.29) is 6.04 Å². The zero-order valence-electron chi connectivity index (χ0n) is 5.76. The van der Waals surface area contributed by atoms with E-state index in [1.165, 1.54) is 0 Å². The molecule has 0 spiro atoms. The first-order valence-electron chi connectivity index (χ1n) is 3.02. The maximum absolute atomic E-state index is 11.6. The van der Waals surface area contributed by atoms with Gasteiger partial charge in [-0.05, 0) is 0 Å². The van der Waals surface area contributed by atoms with Gasteiger partial charge in [0.05, 0.1) is 6.61 Å². The van der Waals surface area contributed by atoms with E-state index in [9.17, 15) is 21.6 Å². The molecule has 1 rings (SSSR count). The van der Waals surface area contributed by atoms with Crippen molar-refractivity contribution in [1.29, 1.82) is 0 Å². The number of alkyl halides is 3. The molecule has 1 aliphatic rings. The minimum atomic E-state index is -5.39. The predicted octanol–water partition coefficient (Wildman–Crippen LogP) is -0.176. The molecule has 1 unspecified atom stereocenters. The molecule has 0 bridgehead atoms. The average Bonchev–Trinajstić information content (AvgIpc) is 2.62.